The van der Waals surface area contributed by atoms with E-state index in [-0.39, 0.29) is 12.6 Å². The quantitative estimate of drug-likeness (QED) is 0.200. The minimum Gasteiger partial charge on any atom is -0.463 e. The van der Waals surface area contributed by atoms with Crippen LogP contribution in [0.25, 0.3) is 6.08 Å². The van der Waals surface area contributed by atoms with Crippen LogP contribution in [-0.2, 0) is 23.9 Å². The molecule has 0 spiro atoms. The molecule has 0 saturated heterocycles. The molecule has 1 rings (SSSR count). The van der Waals surface area contributed by atoms with E-state index in [1.165, 1.54) is 17.2 Å². The number of benzene rings is 1. The molecule has 0 aliphatic carbocycles. The van der Waals surface area contributed by atoms with Gasteiger partial charge in [0.15, 0.2) is 0 Å². The lowest BCUT2D eigenvalue weighted by molar-refractivity contribution is -0.137. The Bertz CT molecular complexity index is 702. The van der Waals surface area contributed by atoms with Crippen LogP contribution in [0.15, 0.2) is 99.7 Å². The number of allylic oxidation sites excluding steroid dienone is 2. The fourth-order valence-electron chi connectivity index (χ4n) is 0.990. The van der Waals surface area contributed by atoms with Crippen molar-refractivity contribution in [1.82, 2.24) is 0 Å². The molecule has 0 unspecified atom stereocenters. The highest BCUT2D eigenvalue weighted by atomic mass is 35.5. The third kappa shape index (κ3) is 45.4. The number of carbonyl (C=O) groups excluding carboxylic acids is 3. The summed E-state index contributed by atoms with van der Waals surface area (Å²) in [6.07, 6.45) is 6.63. The summed E-state index contributed by atoms with van der Waals surface area (Å²) in [5.41, 5.74) is 2.34. The molecule has 0 heterocycles. The maximum Gasteiger partial charge on any atom is 0.330 e. The number of hydrogen-bond acceptors (Lipinski definition) is 5. The monoisotopic (exact) mass is 462 g/mol. The van der Waals surface area contributed by atoms with E-state index >= 15 is 0 Å². The van der Waals surface area contributed by atoms with Gasteiger partial charge in [-0.05, 0) is 44.0 Å². The Hall–Kier alpha value is -3.44. The van der Waals surface area contributed by atoms with Gasteiger partial charge in [0.2, 0.25) is 5.24 Å². The SMILES string of the molecule is C=C(C)C.C=CC(=O)Cl.C=CC(=O)OCC.C=CCOC(=O)C=C.C=Cc1ccccc1. The van der Waals surface area contributed by atoms with E-state index in [9.17, 15) is 14.4 Å². The van der Waals surface area contributed by atoms with E-state index in [0.717, 1.165) is 18.2 Å². The molecule has 0 fully saturated rings. The van der Waals surface area contributed by atoms with Gasteiger partial charge in [-0.2, -0.15) is 0 Å². The molecular weight excluding hydrogens is 428 g/mol. The van der Waals surface area contributed by atoms with E-state index in [0.29, 0.717) is 6.61 Å². The number of carbonyl (C=O) groups is 3. The summed E-state index contributed by atoms with van der Waals surface area (Å²) in [7, 11) is 0. The molecule has 32 heavy (non-hydrogen) atoms. The van der Waals surface area contributed by atoms with E-state index in [2.05, 4.69) is 48.9 Å². The first-order chi connectivity index (χ1) is 15.1. The van der Waals surface area contributed by atoms with Gasteiger partial charge in [-0.3, -0.25) is 4.79 Å². The molecule has 6 heteroatoms. The molecule has 1 aromatic rings. The molecule has 0 bridgehead atoms. The van der Waals surface area contributed by atoms with E-state index < -0.39 is 11.2 Å². The Morgan fingerprint density at radius 3 is 1.50 bits per heavy atom. The highest BCUT2D eigenvalue weighted by Crippen LogP contribution is 1.97. The van der Waals surface area contributed by atoms with Crippen molar-refractivity contribution in [3.05, 3.63) is 105 Å². The summed E-state index contributed by atoms with van der Waals surface area (Å²) in [5.74, 6) is -0.771. The molecule has 0 aromatic heterocycles. The maximum absolute atomic E-state index is 10.2. The number of esters is 2. The third-order valence-electron chi connectivity index (χ3n) is 2.16. The lowest BCUT2D eigenvalue weighted by Crippen LogP contribution is -1.98. The molecule has 0 aliphatic rings. The molecule has 0 N–H and O–H groups in total. The van der Waals surface area contributed by atoms with Crippen molar-refractivity contribution in [1.29, 1.82) is 0 Å². The smallest absolute Gasteiger partial charge is 0.330 e. The van der Waals surface area contributed by atoms with E-state index in [4.69, 9.17) is 11.6 Å². The molecule has 0 aliphatic heterocycles. The second kappa shape index (κ2) is 29.8. The standard InChI is InChI=1S/C8H8.C6H8O2.C5H8O2.C4H8.C3H3ClO/c1-2-8-6-4-3-5-7-8;1-3-5-8-6(7)4-2;1-3-5(6)7-4-2;1-4(2)3;1-2-3(4)5/h2-7H,1H2;3-4H,1-2,5H2;3H,1,4H2,2H3;1H2,2-3H3;2H,1H2. The second-order valence-corrected chi connectivity index (χ2v) is 5.78. The van der Waals surface area contributed by atoms with Crippen molar-refractivity contribution in [3.63, 3.8) is 0 Å². The highest BCUT2D eigenvalue weighted by Gasteiger charge is 1.88. The fraction of sp³-hybridized carbons (Fsp3) is 0.192. The second-order valence-electron chi connectivity index (χ2n) is 5.41. The van der Waals surface area contributed by atoms with Crippen molar-refractivity contribution < 1.29 is 23.9 Å². The molecule has 0 saturated carbocycles. The molecule has 176 valence electrons. The van der Waals surface area contributed by atoms with E-state index in [1.54, 1.807) is 6.92 Å². The van der Waals surface area contributed by atoms with E-state index in [1.807, 2.05) is 50.3 Å². The fourth-order valence-corrected chi connectivity index (χ4v) is 0.990. The number of rotatable bonds is 7. The first kappa shape index (κ1) is 36.0. The third-order valence-corrected chi connectivity index (χ3v) is 2.31. The largest absolute Gasteiger partial charge is 0.463 e. The maximum atomic E-state index is 10.2. The zero-order valence-electron chi connectivity index (χ0n) is 19.3. The predicted octanol–water partition coefficient (Wildman–Crippen LogP) is 6.49. The summed E-state index contributed by atoms with van der Waals surface area (Å²) in [5, 5.41) is -0.509. The molecule has 1 aromatic carbocycles. The van der Waals surface area contributed by atoms with Crippen LogP contribution in [-0.4, -0.2) is 30.4 Å². The van der Waals surface area contributed by atoms with Crippen LogP contribution >= 0.6 is 11.6 Å². The summed E-state index contributed by atoms with van der Waals surface area (Å²) < 4.78 is 8.90. The van der Waals surface area contributed by atoms with Gasteiger partial charge in [-0.1, -0.05) is 81.0 Å². The number of halogens is 1. The Morgan fingerprint density at radius 1 is 0.875 bits per heavy atom. The minimum absolute atomic E-state index is 0.255. The Kier molecular flexibility index (Phi) is 33.4. The van der Waals surface area contributed by atoms with Gasteiger partial charge in [-0.25, -0.2) is 9.59 Å². The highest BCUT2D eigenvalue weighted by molar-refractivity contribution is 6.66. The van der Waals surface area contributed by atoms with Gasteiger partial charge >= 0.3 is 11.9 Å². The van der Waals surface area contributed by atoms with Crippen molar-refractivity contribution in [2.45, 2.75) is 20.8 Å². The first-order valence-corrected chi connectivity index (χ1v) is 9.74. The van der Waals surface area contributed by atoms with Gasteiger partial charge in [0.1, 0.15) is 6.61 Å². The van der Waals surface area contributed by atoms with Crippen molar-refractivity contribution in [3.8, 4) is 0 Å². The zero-order valence-corrected chi connectivity index (χ0v) is 20.1. The predicted molar refractivity (Wildman–Crippen MR) is 136 cm³/mol. The normalized spacial score (nSPS) is 7.50. The Morgan fingerprint density at radius 2 is 1.28 bits per heavy atom. The van der Waals surface area contributed by atoms with Crippen LogP contribution in [0.4, 0.5) is 0 Å². The lowest BCUT2D eigenvalue weighted by atomic mass is 10.2. The van der Waals surface area contributed by atoms with Crippen LogP contribution in [0.5, 0.6) is 0 Å². The zero-order chi connectivity index (χ0) is 25.8. The average molecular weight is 463 g/mol. The van der Waals surface area contributed by atoms with Crippen LogP contribution in [0.1, 0.15) is 26.3 Å². The Labute approximate surface area is 198 Å². The lowest BCUT2D eigenvalue weighted by Gasteiger charge is -1.92. The number of ether oxygens (including phenoxy) is 2. The molecule has 5 nitrogen and oxygen atoms in total. The number of hydrogen-bond donors (Lipinski definition) is 0. The van der Waals surface area contributed by atoms with Crippen LogP contribution in [0.2, 0.25) is 0 Å². The molecule has 0 atom stereocenters. The minimum atomic E-state index is -0.509. The first-order valence-electron chi connectivity index (χ1n) is 9.36. The van der Waals surface area contributed by atoms with Gasteiger partial charge in [0, 0.05) is 12.2 Å². The summed E-state index contributed by atoms with van der Waals surface area (Å²) in [6, 6.07) is 10.0. The van der Waals surface area contributed by atoms with Gasteiger partial charge in [-0.15, -0.1) is 6.58 Å². The van der Waals surface area contributed by atoms with Gasteiger partial charge < -0.3 is 9.47 Å². The Balaban J connectivity index is -0.000000157. The summed E-state index contributed by atoms with van der Waals surface area (Å²) in [6.45, 7) is 26.4. The average Bonchev–Trinajstić information content (AvgIpc) is 2.78. The van der Waals surface area contributed by atoms with Crippen molar-refractivity contribution in [2.75, 3.05) is 13.2 Å². The van der Waals surface area contributed by atoms with Crippen molar-refractivity contribution in [2.24, 2.45) is 0 Å². The van der Waals surface area contributed by atoms with Gasteiger partial charge in [0.05, 0.1) is 6.61 Å². The van der Waals surface area contributed by atoms with Crippen LogP contribution in [0, 0.1) is 0 Å². The molecular formula is C26H35ClO5. The van der Waals surface area contributed by atoms with Crippen LogP contribution in [0.3, 0.4) is 0 Å². The summed E-state index contributed by atoms with van der Waals surface area (Å²) >= 11 is 4.71. The topological polar surface area (TPSA) is 69.7 Å². The van der Waals surface area contributed by atoms with Gasteiger partial charge in [0.25, 0.3) is 0 Å². The molecule has 0 amide bonds. The van der Waals surface area contributed by atoms with Crippen LogP contribution < -0.4 is 0 Å². The molecule has 0 radical (unpaired) electrons. The van der Waals surface area contributed by atoms with Crippen molar-refractivity contribution >= 4 is 34.9 Å². The summed E-state index contributed by atoms with van der Waals surface area (Å²) in [4.78, 5) is 29.7.